The topological polar surface area (TPSA) is 52.9 Å². The number of hydrogen-bond donors (Lipinski definition) is 1. The number of benzene rings is 1. The highest BCUT2D eigenvalue weighted by Crippen LogP contribution is 2.28. The van der Waals surface area contributed by atoms with Crippen molar-refractivity contribution in [2.75, 3.05) is 5.32 Å². The number of anilines is 1. The zero-order chi connectivity index (χ0) is 16.3. The molecule has 0 saturated carbocycles. The normalized spacial score (nSPS) is 13.4. The zero-order valence-corrected chi connectivity index (χ0v) is 13.9. The number of amides is 1. The van der Waals surface area contributed by atoms with E-state index in [0.29, 0.717) is 12.3 Å². The van der Waals surface area contributed by atoms with Crippen molar-refractivity contribution in [2.45, 2.75) is 53.4 Å². The Morgan fingerprint density at radius 2 is 1.71 bits per heavy atom. The summed E-state index contributed by atoms with van der Waals surface area (Å²) in [5.74, 6) is 0.346. The first-order chi connectivity index (χ1) is 9.56. The van der Waals surface area contributed by atoms with Crippen molar-refractivity contribution in [3.63, 3.8) is 0 Å². The molecule has 0 aromatic heterocycles. The third kappa shape index (κ3) is 4.90. The average molecular weight is 286 g/mol. The van der Waals surface area contributed by atoms with E-state index in [4.69, 9.17) is 5.26 Å². The van der Waals surface area contributed by atoms with E-state index >= 15 is 0 Å². The van der Waals surface area contributed by atoms with Gasteiger partial charge in [0.15, 0.2) is 0 Å². The van der Waals surface area contributed by atoms with E-state index in [1.165, 1.54) is 0 Å². The summed E-state index contributed by atoms with van der Waals surface area (Å²) in [6.45, 7) is 12.3. The predicted molar refractivity (Wildman–Crippen MR) is 86.9 cm³/mol. The van der Waals surface area contributed by atoms with Crippen molar-refractivity contribution in [3.05, 3.63) is 29.8 Å². The van der Waals surface area contributed by atoms with Crippen LogP contribution >= 0.6 is 0 Å². The minimum atomic E-state index is -0.511. The van der Waals surface area contributed by atoms with Crippen LogP contribution < -0.4 is 5.32 Å². The lowest BCUT2D eigenvalue weighted by atomic mass is 9.80. The van der Waals surface area contributed by atoms with Crippen LogP contribution in [0.4, 0.5) is 5.69 Å². The van der Waals surface area contributed by atoms with Gasteiger partial charge in [0, 0.05) is 12.1 Å². The van der Waals surface area contributed by atoms with Crippen LogP contribution in [-0.4, -0.2) is 5.91 Å². The second kappa shape index (κ2) is 6.30. The average Bonchev–Trinajstić information content (AvgIpc) is 2.38. The Balaban J connectivity index is 2.69. The van der Waals surface area contributed by atoms with Gasteiger partial charge in [0.1, 0.15) is 0 Å². The number of carbonyl (C=O) groups excluding carboxylic acids is 1. The molecule has 0 heterocycles. The van der Waals surface area contributed by atoms with Crippen molar-refractivity contribution in [1.82, 2.24) is 0 Å². The summed E-state index contributed by atoms with van der Waals surface area (Å²) in [5, 5.41) is 12.0. The maximum absolute atomic E-state index is 12.0. The highest BCUT2D eigenvalue weighted by atomic mass is 16.1. The molecule has 21 heavy (non-hydrogen) atoms. The molecule has 0 saturated heterocycles. The van der Waals surface area contributed by atoms with Crippen molar-refractivity contribution < 1.29 is 4.79 Å². The van der Waals surface area contributed by atoms with Gasteiger partial charge in [0.2, 0.25) is 5.91 Å². The summed E-state index contributed by atoms with van der Waals surface area (Å²) in [6, 6.07) is 9.77. The molecule has 114 valence electrons. The fourth-order valence-electron chi connectivity index (χ4n) is 1.83. The number of hydrogen-bond acceptors (Lipinski definition) is 2. The second-order valence-electron chi connectivity index (χ2n) is 7.33. The van der Waals surface area contributed by atoms with Crippen LogP contribution in [0.2, 0.25) is 0 Å². The molecular weight excluding hydrogens is 260 g/mol. The van der Waals surface area contributed by atoms with Crippen molar-refractivity contribution in [1.29, 1.82) is 5.26 Å². The van der Waals surface area contributed by atoms with Crippen LogP contribution in [-0.2, 0) is 10.2 Å². The largest absolute Gasteiger partial charge is 0.326 e. The first-order valence-electron chi connectivity index (χ1n) is 7.38. The zero-order valence-electron chi connectivity index (χ0n) is 13.9. The fraction of sp³-hybridized carbons (Fsp3) is 0.556. The van der Waals surface area contributed by atoms with E-state index in [9.17, 15) is 4.79 Å². The molecule has 1 aromatic rings. The van der Waals surface area contributed by atoms with Gasteiger partial charge in [-0.2, -0.15) is 5.26 Å². The van der Waals surface area contributed by atoms with Crippen LogP contribution in [0.1, 0.15) is 53.5 Å². The Morgan fingerprint density at radius 3 is 2.14 bits per heavy atom. The monoisotopic (exact) mass is 286 g/mol. The molecule has 0 spiro atoms. The summed E-state index contributed by atoms with van der Waals surface area (Å²) in [4.78, 5) is 12.0. The standard InChI is InChI=1S/C18H26N2O/c1-13(17(2,3)4)11-16(21)20-15-9-7-14(8-10-15)18(5,6)12-19/h7-10,13H,11H2,1-6H3,(H,20,21). The highest BCUT2D eigenvalue weighted by Gasteiger charge is 2.23. The van der Waals surface area contributed by atoms with Gasteiger partial charge in [-0.05, 0) is 42.9 Å². The molecule has 1 amide bonds. The molecule has 0 aliphatic rings. The minimum absolute atomic E-state index is 0.0321. The van der Waals surface area contributed by atoms with Gasteiger partial charge < -0.3 is 5.32 Å². The van der Waals surface area contributed by atoms with Crippen molar-refractivity contribution in [3.8, 4) is 6.07 Å². The summed E-state index contributed by atoms with van der Waals surface area (Å²) in [5.41, 5.74) is 1.34. The Hall–Kier alpha value is -1.82. The fourth-order valence-corrected chi connectivity index (χ4v) is 1.83. The first-order valence-corrected chi connectivity index (χ1v) is 7.38. The van der Waals surface area contributed by atoms with Crippen molar-refractivity contribution in [2.24, 2.45) is 11.3 Å². The van der Waals surface area contributed by atoms with E-state index in [2.05, 4.69) is 39.1 Å². The number of carbonyl (C=O) groups is 1. The molecule has 0 radical (unpaired) electrons. The van der Waals surface area contributed by atoms with E-state index in [0.717, 1.165) is 11.3 Å². The first kappa shape index (κ1) is 17.2. The molecule has 3 nitrogen and oxygen atoms in total. The summed E-state index contributed by atoms with van der Waals surface area (Å²) < 4.78 is 0. The predicted octanol–water partition coefficient (Wildman–Crippen LogP) is 4.50. The molecule has 1 aromatic carbocycles. The molecule has 1 N–H and O–H groups in total. The molecular formula is C18H26N2O. The number of nitrogens with zero attached hydrogens (tertiary/aromatic N) is 1. The third-order valence-corrected chi connectivity index (χ3v) is 4.14. The summed E-state index contributed by atoms with van der Waals surface area (Å²) >= 11 is 0. The van der Waals surface area contributed by atoms with Crippen LogP contribution in [0.25, 0.3) is 0 Å². The highest BCUT2D eigenvalue weighted by molar-refractivity contribution is 5.90. The Labute approximate surface area is 128 Å². The summed E-state index contributed by atoms with van der Waals surface area (Å²) in [6.07, 6.45) is 0.509. The lowest BCUT2D eigenvalue weighted by Crippen LogP contribution is -2.24. The summed E-state index contributed by atoms with van der Waals surface area (Å²) in [7, 11) is 0. The maximum Gasteiger partial charge on any atom is 0.224 e. The maximum atomic E-state index is 12.0. The van der Waals surface area contributed by atoms with E-state index in [-0.39, 0.29) is 11.3 Å². The van der Waals surface area contributed by atoms with E-state index < -0.39 is 5.41 Å². The van der Waals surface area contributed by atoms with Crippen LogP contribution in [0.15, 0.2) is 24.3 Å². The molecule has 0 fully saturated rings. The Morgan fingerprint density at radius 1 is 1.19 bits per heavy atom. The Kier molecular flexibility index (Phi) is 5.17. The quantitative estimate of drug-likeness (QED) is 0.886. The molecule has 1 atom stereocenters. The Bertz CT molecular complexity index is 530. The number of nitrogens with one attached hydrogen (secondary N) is 1. The number of nitriles is 1. The van der Waals surface area contributed by atoms with Gasteiger partial charge in [-0.25, -0.2) is 0 Å². The van der Waals surface area contributed by atoms with Crippen LogP contribution in [0.3, 0.4) is 0 Å². The molecule has 1 rings (SSSR count). The minimum Gasteiger partial charge on any atom is -0.326 e. The van der Waals surface area contributed by atoms with Gasteiger partial charge >= 0.3 is 0 Å². The lowest BCUT2D eigenvalue weighted by molar-refractivity contribution is -0.117. The van der Waals surface area contributed by atoms with Gasteiger partial charge in [0.25, 0.3) is 0 Å². The molecule has 0 aliphatic carbocycles. The van der Waals surface area contributed by atoms with Crippen molar-refractivity contribution >= 4 is 11.6 Å². The lowest BCUT2D eigenvalue weighted by Gasteiger charge is -2.26. The van der Waals surface area contributed by atoms with Gasteiger partial charge in [-0.15, -0.1) is 0 Å². The second-order valence-corrected chi connectivity index (χ2v) is 7.33. The SMILES string of the molecule is CC(CC(=O)Nc1ccc(C(C)(C)C#N)cc1)C(C)(C)C. The molecule has 3 heteroatoms. The van der Waals surface area contributed by atoms with Crippen LogP contribution in [0.5, 0.6) is 0 Å². The van der Waals surface area contributed by atoms with E-state index in [1.54, 1.807) is 0 Å². The smallest absolute Gasteiger partial charge is 0.224 e. The number of rotatable bonds is 4. The molecule has 1 unspecified atom stereocenters. The third-order valence-electron chi connectivity index (χ3n) is 4.14. The molecule has 0 bridgehead atoms. The van der Waals surface area contributed by atoms with Gasteiger partial charge in [-0.3, -0.25) is 4.79 Å². The van der Waals surface area contributed by atoms with E-state index in [1.807, 2.05) is 38.1 Å². The van der Waals surface area contributed by atoms with Gasteiger partial charge in [-0.1, -0.05) is 39.8 Å². The van der Waals surface area contributed by atoms with Gasteiger partial charge in [0.05, 0.1) is 11.5 Å². The molecule has 0 aliphatic heterocycles. The van der Waals surface area contributed by atoms with Crippen LogP contribution in [0, 0.1) is 22.7 Å².